The normalized spacial score (nSPS) is 10.8. The van der Waals surface area contributed by atoms with Crippen LogP contribution in [0.4, 0.5) is 14.5 Å². The van der Waals surface area contributed by atoms with Gasteiger partial charge in [-0.05, 0) is 35.9 Å². The minimum Gasteiger partial charge on any atom is -0.391 e. The number of aromatic nitrogens is 2. The minimum absolute atomic E-state index is 0.142. The Morgan fingerprint density at radius 1 is 1.23 bits per heavy atom. The van der Waals surface area contributed by atoms with E-state index in [1.54, 1.807) is 10.9 Å². The second-order valence-corrected chi connectivity index (χ2v) is 5.24. The van der Waals surface area contributed by atoms with E-state index in [-0.39, 0.29) is 12.3 Å². The standard InChI is InChI=1S/C18H14F2N4O2/c19-14-4-7-17(16(20)10-14)23-18(25)11-22-26-12-13-2-5-15(6-3-13)24-9-1-8-21-24/h1-11H,12H2,(H,23,25)/b22-11+. The first-order valence-corrected chi connectivity index (χ1v) is 7.62. The second-order valence-electron chi connectivity index (χ2n) is 5.24. The van der Waals surface area contributed by atoms with Gasteiger partial charge in [0.05, 0.1) is 11.4 Å². The minimum atomic E-state index is -0.870. The molecule has 0 atom stereocenters. The number of amides is 1. The number of nitrogens with one attached hydrogen (secondary N) is 1. The highest BCUT2D eigenvalue weighted by molar-refractivity contribution is 6.31. The molecule has 26 heavy (non-hydrogen) atoms. The summed E-state index contributed by atoms with van der Waals surface area (Å²) in [5.41, 5.74) is 1.61. The van der Waals surface area contributed by atoms with E-state index in [1.165, 1.54) is 0 Å². The van der Waals surface area contributed by atoms with Gasteiger partial charge in [-0.2, -0.15) is 5.10 Å². The van der Waals surface area contributed by atoms with Crippen molar-refractivity contribution < 1.29 is 18.4 Å². The number of rotatable bonds is 6. The van der Waals surface area contributed by atoms with Crippen LogP contribution in [0, 0.1) is 11.6 Å². The molecule has 0 aliphatic heterocycles. The first-order chi connectivity index (χ1) is 12.6. The number of benzene rings is 2. The molecule has 0 saturated heterocycles. The largest absolute Gasteiger partial charge is 0.391 e. The van der Waals surface area contributed by atoms with Crippen LogP contribution in [-0.4, -0.2) is 21.9 Å². The van der Waals surface area contributed by atoms with Gasteiger partial charge in [0.15, 0.2) is 0 Å². The Hall–Kier alpha value is -3.55. The van der Waals surface area contributed by atoms with Crippen molar-refractivity contribution in [3.8, 4) is 5.69 Å². The summed E-state index contributed by atoms with van der Waals surface area (Å²) in [6.45, 7) is 0.161. The molecule has 3 rings (SSSR count). The van der Waals surface area contributed by atoms with Crippen molar-refractivity contribution >= 4 is 17.8 Å². The molecule has 1 amide bonds. The summed E-state index contributed by atoms with van der Waals surface area (Å²) in [6, 6.07) is 12.1. The second kappa shape index (κ2) is 8.02. The van der Waals surface area contributed by atoms with E-state index in [9.17, 15) is 13.6 Å². The molecule has 3 aromatic rings. The molecule has 0 fully saturated rings. The maximum Gasteiger partial charge on any atom is 0.270 e. The average molecular weight is 356 g/mol. The third-order valence-corrected chi connectivity index (χ3v) is 3.37. The van der Waals surface area contributed by atoms with Gasteiger partial charge in [0.2, 0.25) is 0 Å². The summed E-state index contributed by atoms with van der Waals surface area (Å²) in [6.07, 6.45) is 4.40. The molecule has 6 nitrogen and oxygen atoms in total. The van der Waals surface area contributed by atoms with Gasteiger partial charge >= 0.3 is 0 Å². The first kappa shape index (κ1) is 17.3. The molecule has 0 saturated carbocycles. The Labute approximate surface area is 147 Å². The van der Waals surface area contributed by atoms with Gasteiger partial charge in [0.1, 0.15) is 24.5 Å². The SMILES string of the molecule is O=C(/C=N/OCc1ccc(-n2cccn2)cc1)Nc1ccc(F)cc1F. The van der Waals surface area contributed by atoms with Crippen LogP contribution < -0.4 is 5.32 Å². The highest BCUT2D eigenvalue weighted by atomic mass is 19.1. The van der Waals surface area contributed by atoms with E-state index in [1.807, 2.05) is 36.5 Å². The van der Waals surface area contributed by atoms with Gasteiger partial charge in [-0.25, -0.2) is 13.5 Å². The fraction of sp³-hybridized carbons (Fsp3) is 0.0556. The number of nitrogens with zero attached hydrogens (tertiary/aromatic N) is 3. The zero-order valence-corrected chi connectivity index (χ0v) is 13.5. The highest BCUT2D eigenvalue weighted by Crippen LogP contribution is 2.14. The lowest BCUT2D eigenvalue weighted by Gasteiger charge is -2.04. The molecular formula is C18H14F2N4O2. The molecular weight excluding hydrogens is 342 g/mol. The van der Waals surface area contributed by atoms with E-state index < -0.39 is 17.5 Å². The number of oxime groups is 1. The molecule has 0 spiro atoms. The van der Waals surface area contributed by atoms with Crippen LogP contribution in [0.5, 0.6) is 0 Å². The third-order valence-electron chi connectivity index (χ3n) is 3.37. The Morgan fingerprint density at radius 2 is 2.04 bits per heavy atom. The lowest BCUT2D eigenvalue weighted by molar-refractivity contribution is -0.110. The molecule has 0 radical (unpaired) electrons. The Balaban J connectivity index is 1.48. The van der Waals surface area contributed by atoms with Crippen LogP contribution in [0.15, 0.2) is 66.1 Å². The van der Waals surface area contributed by atoms with Gasteiger partial charge in [-0.3, -0.25) is 4.79 Å². The molecule has 0 unspecified atom stereocenters. The van der Waals surface area contributed by atoms with Crippen LogP contribution >= 0.6 is 0 Å². The van der Waals surface area contributed by atoms with Crippen molar-refractivity contribution in [1.82, 2.24) is 9.78 Å². The van der Waals surface area contributed by atoms with Gasteiger partial charge in [0.25, 0.3) is 5.91 Å². The maximum absolute atomic E-state index is 13.4. The van der Waals surface area contributed by atoms with Crippen LogP contribution in [0.1, 0.15) is 5.56 Å². The van der Waals surface area contributed by atoms with Gasteiger partial charge in [-0.15, -0.1) is 0 Å². The quantitative estimate of drug-likeness (QED) is 0.544. The van der Waals surface area contributed by atoms with E-state index >= 15 is 0 Å². The predicted octanol–water partition coefficient (Wildman–Crippen LogP) is 3.29. The van der Waals surface area contributed by atoms with Crippen molar-refractivity contribution in [3.05, 3.63) is 78.1 Å². The monoisotopic (exact) mass is 356 g/mol. The number of halogens is 2. The molecule has 8 heteroatoms. The van der Waals surface area contributed by atoms with Crippen LogP contribution in [0.25, 0.3) is 5.69 Å². The molecule has 0 bridgehead atoms. The summed E-state index contributed by atoms with van der Waals surface area (Å²) < 4.78 is 27.9. The fourth-order valence-corrected chi connectivity index (χ4v) is 2.12. The van der Waals surface area contributed by atoms with Crippen LogP contribution in [0.3, 0.4) is 0 Å². The molecule has 132 valence electrons. The van der Waals surface area contributed by atoms with Crippen molar-refractivity contribution in [1.29, 1.82) is 0 Å². The lowest BCUT2D eigenvalue weighted by Crippen LogP contribution is -2.14. The predicted molar refractivity (Wildman–Crippen MR) is 91.8 cm³/mol. The lowest BCUT2D eigenvalue weighted by atomic mass is 10.2. The first-order valence-electron chi connectivity index (χ1n) is 7.62. The van der Waals surface area contributed by atoms with Crippen LogP contribution in [-0.2, 0) is 16.2 Å². The van der Waals surface area contributed by atoms with Gasteiger partial charge in [-0.1, -0.05) is 17.3 Å². The number of carbonyl (C=O) groups excluding carboxylic acids is 1. The Kier molecular flexibility index (Phi) is 5.33. The number of carbonyl (C=O) groups is 1. The summed E-state index contributed by atoms with van der Waals surface area (Å²) in [7, 11) is 0. The highest BCUT2D eigenvalue weighted by Gasteiger charge is 2.06. The summed E-state index contributed by atoms with van der Waals surface area (Å²) in [5, 5.41) is 9.90. The topological polar surface area (TPSA) is 68.5 Å². The smallest absolute Gasteiger partial charge is 0.270 e. The number of hydrogen-bond acceptors (Lipinski definition) is 4. The van der Waals surface area contributed by atoms with Crippen molar-refractivity contribution in [2.75, 3.05) is 5.32 Å². The molecule has 1 aromatic heterocycles. The van der Waals surface area contributed by atoms with Gasteiger partial charge in [0, 0.05) is 18.5 Å². The van der Waals surface area contributed by atoms with E-state index in [0.29, 0.717) is 6.07 Å². The third kappa shape index (κ3) is 4.50. The maximum atomic E-state index is 13.4. The van der Waals surface area contributed by atoms with Gasteiger partial charge < -0.3 is 10.2 Å². The molecule has 2 aromatic carbocycles. The number of hydrogen-bond donors (Lipinski definition) is 1. The van der Waals surface area contributed by atoms with E-state index in [0.717, 1.165) is 29.6 Å². The molecule has 0 aliphatic rings. The Bertz CT molecular complexity index is 909. The number of anilines is 1. The molecule has 1 heterocycles. The Morgan fingerprint density at radius 3 is 2.73 bits per heavy atom. The summed E-state index contributed by atoms with van der Waals surface area (Å²) in [5.74, 6) is -2.29. The van der Waals surface area contributed by atoms with Crippen LogP contribution in [0.2, 0.25) is 0 Å². The molecule has 0 aliphatic carbocycles. The zero-order valence-electron chi connectivity index (χ0n) is 13.5. The van der Waals surface area contributed by atoms with Crippen molar-refractivity contribution in [2.45, 2.75) is 6.61 Å². The van der Waals surface area contributed by atoms with Crippen molar-refractivity contribution in [2.24, 2.45) is 5.16 Å². The fourth-order valence-electron chi connectivity index (χ4n) is 2.12. The zero-order chi connectivity index (χ0) is 18.4. The average Bonchev–Trinajstić information content (AvgIpc) is 3.16. The van der Waals surface area contributed by atoms with E-state index in [4.69, 9.17) is 4.84 Å². The summed E-state index contributed by atoms with van der Waals surface area (Å²) >= 11 is 0. The van der Waals surface area contributed by atoms with E-state index in [2.05, 4.69) is 15.6 Å². The molecule has 1 N–H and O–H groups in total. The summed E-state index contributed by atoms with van der Waals surface area (Å²) in [4.78, 5) is 16.7. The van der Waals surface area contributed by atoms with Crippen molar-refractivity contribution in [3.63, 3.8) is 0 Å².